The van der Waals surface area contributed by atoms with Crippen LogP contribution >= 0.6 is 27.7 Å². The highest BCUT2D eigenvalue weighted by Gasteiger charge is 1.99. The maximum Gasteiger partial charge on any atom is 0.140 e. The molecule has 0 saturated carbocycles. The van der Waals surface area contributed by atoms with E-state index >= 15 is 0 Å². The molecule has 3 N–H and O–H groups in total. The Labute approximate surface area is 107 Å². The molecule has 0 fully saturated rings. The molecular weight excluding hydrogens is 286 g/mol. The van der Waals surface area contributed by atoms with Gasteiger partial charge in [0, 0.05) is 20.5 Å². The van der Waals surface area contributed by atoms with Crippen LogP contribution in [0.25, 0.3) is 0 Å². The zero-order valence-electron chi connectivity index (χ0n) is 8.35. The van der Waals surface area contributed by atoms with E-state index in [4.69, 9.17) is 5.84 Å². The standard InChI is InChI=1S/C11H10BrN3S/c12-8-1-3-9(4-2-8)16-10-5-6-14-11(7-10)15-13/h1-7H,13H2,(H,14,15). The molecule has 0 unspecified atom stereocenters. The highest BCUT2D eigenvalue weighted by atomic mass is 79.9. The molecule has 1 aromatic heterocycles. The fourth-order valence-corrected chi connectivity index (χ4v) is 2.30. The third-order valence-corrected chi connectivity index (χ3v) is 3.45. The summed E-state index contributed by atoms with van der Waals surface area (Å²) in [6.07, 6.45) is 1.73. The van der Waals surface area contributed by atoms with E-state index in [0.717, 1.165) is 9.37 Å². The van der Waals surface area contributed by atoms with Gasteiger partial charge in [-0.2, -0.15) is 0 Å². The molecule has 5 heteroatoms. The van der Waals surface area contributed by atoms with Crippen molar-refractivity contribution in [1.29, 1.82) is 0 Å². The van der Waals surface area contributed by atoms with Crippen molar-refractivity contribution in [3.8, 4) is 0 Å². The number of benzene rings is 1. The second-order valence-corrected chi connectivity index (χ2v) is 5.14. The molecule has 1 heterocycles. The molecule has 16 heavy (non-hydrogen) atoms. The van der Waals surface area contributed by atoms with E-state index in [1.165, 1.54) is 4.90 Å². The van der Waals surface area contributed by atoms with Gasteiger partial charge in [-0.15, -0.1) is 0 Å². The van der Waals surface area contributed by atoms with Gasteiger partial charge in [0.05, 0.1) is 0 Å². The molecule has 0 saturated heterocycles. The van der Waals surface area contributed by atoms with Crippen LogP contribution in [-0.4, -0.2) is 4.98 Å². The minimum atomic E-state index is 0.669. The number of rotatable bonds is 3. The lowest BCUT2D eigenvalue weighted by molar-refractivity contribution is 1.19. The van der Waals surface area contributed by atoms with E-state index in [0.29, 0.717) is 5.82 Å². The summed E-state index contributed by atoms with van der Waals surface area (Å²) in [5, 5.41) is 0. The molecule has 0 aliphatic rings. The van der Waals surface area contributed by atoms with E-state index in [1.54, 1.807) is 18.0 Å². The number of anilines is 1. The van der Waals surface area contributed by atoms with Gasteiger partial charge < -0.3 is 5.43 Å². The van der Waals surface area contributed by atoms with Crippen LogP contribution < -0.4 is 11.3 Å². The lowest BCUT2D eigenvalue weighted by Gasteiger charge is -2.03. The third kappa shape index (κ3) is 2.98. The third-order valence-electron chi connectivity index (χ3n) is 1.93. The number of nitrogens with zero attached hydrogens (tertiary/aromatic N) is 1. The van der Waals surface area contributed by atoms with Crippen molar-refractivity contribution in [3.63, 3.8) is 0 Å². The monoisotopic (exact) mass is 295 g/mol. The smallest absolute Gasteiger partial charge is 0.140 e. The van der Waals surface area contributed by atoms with E-state index in [1.807, 2.05) is 24.3 Å². The SMILES string of the molecule is NNc1cc(Sc2ccc(Br)cc2)ccn1. The predicted octanol–water partition coefficient (Wildman–Crippen LogP) is 3.28. The maximum atomic E-state index is 5.30. The molecule has 3 nitrogen and oxygen atoms in total. The second kappa shape index (κ2) is 5.34. The van der Waals surface area contributed by atoms with Crippen LogP contribution in [0, 0.1) is 0 Å². The molecule has 0 bridgehead atoms. The highest BCUT2D eigenvalue weighted by molar-refractivity contribution is 9.10. The lowest BCUT2D eigenvalue weighted by Crippen LogP contribution is -2.07. The van der Waals surface area contributed by atoms with E-state index < -0.39 is 0 Å². The first-order valence-corrected chi connectivity index (χ1v) is 6.25. The fraction of sp³-hybridized carbons (Fsp3) is 0. The summed E-state index contributed by atoms with van der Waals surface area (Å²) in [5.41, 5.74) is 2.53. The van der Waals surface area contributed by atoms with Crippen molar-refractivity contribution in [2.24, 2.45) is 5.84 Å². The molecule has 82 valence electrons. The lowest BCUT2D eigenvalue weighted by atomic mass is 10.4. The zero-order valence-corrected chi connectivity index (χ0v) is 10.8. The largest absolute Gasteiger partial charge is 0.308 e. The molecule has 2 aromatic rings. The van der Waals surface area contributed by atoms with Gasteiger partial charge in [0.1, 0.15) is 5.82 Å². The van der Waals surface area contributed by atoms with Crippen molar-refractivity contribution in [1.82, 2.24) is 4.98 Å². The van der Waals surface area contributed by atoms with Crippen molar-refractivity contribution >= 4 is 33.5 Å². The Balaban J connectivity index is 2.16. The molecule has 2 rings (SSSR count). The van der Waals surface area contributed by atoms with E-state index in [2.05, 4.69) is 38.5 Å². The summed E-state index contributed by atoms with van der Waals surface area (Å²) in [6, 6.07) is 12.0. The zero-order chi connectivity index (χ0) is 11.4. The van der Waals surface area contributed by atoms with Gasteiger partial charge in [-0.3, -0.25) is 0 Å². The number of nitrogens with two attached hydrogens (primary N) is 1. The van der Waals surface area contributed by atoms with Crippen LogP contribution in [0.5, 0.6) is 0 Å². The molecule has 0 atom stereocenters. The van der Waals surface area contributed by atoms with Crippen LogP contribution in [-0.2, 0) is 0 Å². The van der Waals surface area contributed by atoms with Gasteiger partial charge in [-0.1, -0.05) is 27.7 Å². The average Bonchev–Trinajstić information content (AvgIpc) is 2.32. The quantitative estimate of drug-likeness (QED) is 0.674. The number of nitrogen functional groups attached to an aromatic ring is 1. The molecule has 0 radical (unpaired) electrons. The number of hydrogen-bond donors (Lipinski definition) is 2. The highest BCUT2D eigenvalue weighted by Crippen LogP contribution is 2.29. The molecule has 0 aliphatic carbocycles. The number of nitrogens with one attached hydrogen (secondary N) is 1. The Hall–Kier alpha value is -1.04. The predicted molar refractivity (Wildman–Crippen MR) is 70.3 cm³/mol. The van der Waals surface area contributed by atoms with Gasteiger partial charge in [0.15, 0.2) is 0 Å². The summed E-state index contributed by atoms with van der Waals surface area (Å²) in [6.45, 7) is 0. The minimum Gasteiger partial charge on any atom is -0.308 e. The Morgan fingerprint density at radius 3 is 2.56 bits per heavy atom. The number of hydrogen-bond acceptors (Lipinski definition) is 4. The van der Waals surface area contributed by atoms with Crippen molar-refractivity contribution < 1.29 is 0 Å². The van der Waals surface area contributed by atoms with Crippen LogP contribution in [0.4, 0.5) is 5.82 Å². The maximum absolute atomic E-state index is 5.30. The summed E-state index contributed by atoms with van der Waals surface area (Å²) in [5.74, 6) is 5.97. The summed E-state index contributed by atoms with van der Waals surface area (Å²) >= 11 is 5.08. The summed E-state index contributed by atoms with van der Waals surface area (Å²) < 4.78 is 1.08. The number of pyridine rings is 1. The van der Waals surface area contributed by atoms with Crippen molar-refractivity contribution in [2.45, 2.75) is 9.79 Å². The Morgan fingerprint density at radius 1 is 1.12 bits per heavy atom. The van der Waals surface area contributed by atoms with Gasteiger partial charge in [0.2, 0.25) is 0 Å². The number of aromatic nitrogens is 1. The van der Waals surface area contributed by atoms with Crippen LogP contribution in [0.1, 0.15) is 0 Å². The Morgan fingerprint density at radius 2 is 1.88 bits per heavy atom. The summed E-state index contributed by atoms with van der Waals surface area (Å²) in [7, 11) is 0. The molecule has 1 aromatic carbocycles. The average molecular weight is 296 g/mol. The van der Waals surface area contributed by atoms with E-state index in [9.17, 15) is 0 Å². The molecule has 0 amide bonds. The van der Waals surface area contributed by atoms with Gasteiger partial charge in [-0.05, 0) is 36.4 Å². The number of hydrazine groups is 1. The second-order valence-electron chi connectivity index (χ2n) is 3.08. The van der Waals surface area contributed by atoms with Gasteiger partial charge >= 0.3 is 0 Å². The van der Waals surface area contributed by atoms with Crippen LogP contribution in [0.2, 0.25) is 0 Å². The Bertz CT molecular complexity index is 473. The summed E-state index contributed by atoms with van der Waals surface area (Å²) in [4.78, 5) is 6.34. The fourth-order valence-electron chi connectivity index (χ4n) is 1.19. The van der Waals surface area contributed by atoms with Gasteiger partial charge in [-0.25, -0.2) is 10.8 Å². The first-order valence-electron chi connectivity index (χ1n) is 4.64. The van der Waals surface area contributed by atoms with Crippen molar-refractivity contribution in [3.05, 3.63) is 47.1 Å². The van der Waals surface area contributed by atoms with Gasteiger partial charge in [0.25, 0.3) is 0 Å². The van der Waals surface area contributed by atoms with E-state index in [-0.39, 0.29) is 0 Å². The normalized spacial score (nSPS) is 10.1. The van der Waals surface area contributed by atoms with Crippen molar-refractivity contribution in [2.75, 3.05) is 5.43 Å². The topological polar surface area (TPSA) is 50.9 Å². The molecule has 0 spiro atoms. The number of halogens is 1. The Kier molecular flexibility index (Phi) is 3.82. The van der Waals surface area contributed by atoms with Crippen LogP contribution in [0.3, 0.4) is 0 Å². The minimum absolute atomic E-state index is 0.669. The molecule has 0 aliphatic heterocycles. The molecular formula is C11H10BrN3S. The first-order chi connectivity index (χ1) is 7.78. The first kappa shape index (κ1) is 11.4. The van der Waals surface area contributed by atoms with Crippen LogP contribution in [0.15, 0.2) is 56.9 Å².